The SMILES string of the molecule is Cc1nn(-c2nc(C(F)(F)F)ns2)cc1C(=O)O. The molecule has 1 N–H and O–H groups in total. The van der Waals surface area contributed by atoms with Crippen molar-refractivity contribution in [3.63, 3.8) is 0 Å². The van der Waals surface area contributed by atoms with Gasteiger partial charge in [-0.05, 0) is 6.92 Å². The summed E-state index contributed by atoms with van der Waals surface area (Å²) in [4.78, 5) is 14.0. The fourth-order valence-electron chi connectivity index (χ4n) is 1.19. The number of rotatable bonds is 2. The van der Waals surface area contributed by atoms with Gasteiger partial charge >= 0.3 is 12.1 Å². The number of aryl methyl sites for hydroxylation is 1. The maximum atomic E-state index is 12.3. The molecule has 0 saturated carbocycles. The van der Waals surface area contributed by atoms with E-state index in [2.05, 4.69) is 14.5 Å². The molecule has 0 atom stereocenters. The van der Waals surface area contributed by atoms with Gasteiger partial charge in [-0.2, -0.15) is 27.6 Å². The Labute approximate surface area is 102 Å². The van der Waals surface area contributed by atoms with Crippen LogP contribution in [0.5, 0.6) is 0 Å². The molecule has 0 radical (unpaired) electrons. The second kappa shape index (κ2) is 4.05. The summed E-state index contributed by atoms with van der Waals surface area (Å²) in [7, 11) is 0. The molecule has 2 aromatic rings. The zero-order valence-corrected chi connectivity index (χ0v) is 9.58. The topological polar surface area (TPSA) is 80.9 Å². The molecule has 0 aromatic carbocycles. The summed E-state index contributed by atoms with van der Waals surface area (Å²) in [6.45, 7) is 1.44. The van der Waals surface area contributed by atoms with Crippen molar-refractivity contribution in [1.29, 1.82) is 0 Å². The third-order valence-electron chi connectivity index (χ3n) is 1.99. The van der Waals surface area contributed by atoms with E-state index in [4.69, 9.17) is 5.11 Å². The van der Waals surface area contributed by atoms with Crippen LogP contribution in [-0.2, 0) is 6.18 Å². The van der Waals surface area contributed by atoms with Gasteiger partial charge in [0.2, 0.25) is 11.0 Å². The highest BCUT2D eigenvalue weighted by molar-refractivity contribution is 7.08. The Balaban J connectivity index is 2.41. The normalized spacial score (nSPS) is 11.8. The van der Waals surface area contributed by atoms with Crippen LogP contribution in [0.4, 0.5) is 13.2 Å². The van der Waals surface area contributed by atoms with Crippen molar-refractivity contribution in [3.8, 4) is 5.13 Å². The predicted octanol–water partition coefficient (Wildman–Crippen LogP) is 1.75. The summed E-state index contributed by atoms with van der Waals surface area (Å²) in [5.41, 5.74) is 0.0880. The smallest absolute Gasteiger partial charge is 0.452 e. The fourth-order valence-corrected chi connectivity index (χ4v) is 1.81. The maximum Gasteiger partial charge on any atom is 0.452 e. The molecule has 18 heavy (non-hydrogen) atoms. The molecule has 0 fully saturated rings. The van der Waals surface area contributed by atoms with Crippen molar-refractivity contribution < 1.29 is 23.1 Å². The highest BCUT2D eigenvalue weighted by atomic mass is 32.1. The van der Waals surface area contributed by atoms with Gasteiger partial charge in [-0.15, -0.1) is 0 Å². The van der Waals surface area contributed by atoms with Gasteiger partial charge in [0.1, 0.15) is 5.56 Å². The van der Waals surface area contributed by atoms with Gasteiger partial charge in [0.05, 0.1) is 5.69 Å². The van der Waals surface area contributed by atoms with Gasteiger partial charge in [0, 0.05) is 17.7 Å². The van der Waals surface area contributed by atoms with Crippen molar-refractivity contribution in [2.75, 3.05) is 0 Å². The standard InChI is InChI=1S/C8H5F3N4O2S/c1-3-4(5(16)17)2-15(13-3)7-12-6(14-18-7)8(9,10)11/h2H,1H3,(H,16,17). The molecule has 0 saturated heterocycles. The zero-order valence-electron chi connectivity index (χ0n) is 8.76. The van der Waals surface area contributed by atoms with E-state index in [0.29, 0.717) is 11.5 Å². The molecule has 0 aliphatic rings. The number of aromatic nitrogens is 4. The Morgan fingerprint density at radius 3 is 2.61 bits per heavy atom. The van der Waals surface area contributed by atoms with Crippen molar-refractivity contribution in [1.82, 2.24) is 19.1 Å². The van der Waals surface area contributed by atoms with Crippen LogP contribution in [0.25, 0.3) is 5.13 Å². The first-order valence-corrected chi connectivity index (χ1v) is 5.27. The first-order valence-electron chi connectivity index (χ1n) is 4.50. The molecule has 0 aliphatic carbocycles. The molecule has 2 heterocycles. The lowest BCUT2D eigenvalue weighted by molar-refractivity contribution is -0.144. The minimum absolute atomic E-state index is 0.0984. The molecule has 0 aliphatic heterocycles. The minimum Gasteiger partial charge on any atom is -0.478 e. The van der Waals surface area contributed by atoms with Gasteiger partial charge in [-0.3, -0.25) is 0 Å². The summed E-state index contributed by atoms with van der Waals surface area (Å²) in [6, 6.07) is 0. The van der Waals surface area contributed by atoms with E-state index in [0.717, 1.165) is 10.9 Å². The molecule has 0 unspecified atom stereocenters. The maximum absolute atomic E-state index is 12.3. The first kappa shape index (κ1) is 12.5. The van der Waals surface area contributed by atoms with Crippen molar-refractivity contribution in [2.45, 2.75) is 13.1 Å². The molecule has 2 rings (SSSR count). The van der Waals surface area contributed by atoms with Gasteiger partial charge in [0.25, 0.3) is 0 Å². The second-order valence-electron chi connectivity index (χ2n) is 3.28. The van der Waals surface area contributed by atoms with Crippen molar-refractivity contribution >= 4 is 17.5 Å². The fraction of sp³-hybridized carbons (Fsp3) is 0.250. The Morgan fingerprint density at radius 1 is 1.50 bits per heavy atom. The molecule has 0 amide bonds. The summed E-state index contributed by atoms with van der Waals surface area (Å²) in [5, 5.41) is 12.4. The third-order valence-corrected chi connectivity index (χ3v) is 2.70. The lowest BCUT2D eigenvalue weighted by Crippen LogP contribution is -2.07. The lowest BCUT2D eigenvalue weighted by atomic mass is 10.3. The number of alkyl halides is 3. The average molecular weight is 278 g/mol. The number of carboxylic acids is 1. The molecular weight excluding hydrogens is 273 g/mol. The van der Waals surface area contributed by atoms with Gasteiger partial charge < -0.3 is 5.11 Å². The van der Waals surface area contributed by atoms with Crippen LogP contribution in [0, 0.1) is 6.92 Å². The van der Waals surface area contributed by atoms with Crippen LogP contribution >= 0.6 is 11.5 Å². The summed E-state index contributed by atoms with van der Waals surface area (Å²) < 4.78 is 41.0. The molecule has 0 spiro atoms. The molecule has 10 heteroatoms. The number of aromatic carboxylic acids is 1. The van der Waals surface area contributed by atoms with E-state index in [1.54, 1.807) is 0 Å². The Hall–Kier alpha value is -1.97. The molecule has 2 aromatic heterocycles. The minimum atomic E-state index is -4.63. The Morgan fingerprint density at radius 2 is 2.17 bits per heavy atom. The summed E-state index contributed by atoms with van der Waals surface area (Å²) in [6.07, 6.45) is -3.54. The average Bonchev–Trinajstić information content (AvgIpc) is 2.81. The van der Waals surface area contributed by atoms with E-state index in [1.807, 2.05) is 0 Å². The zero-order chi connectivity index (χ0) is 13.5. The van der Waals surface area contributed by atoms with E-state index in [-0.39, 0.29) is 16.4 Å². The van der Waals surface area contributed by atoms with Crippen molar-refractivity contribution in [3.05, 3.63) is 23.3 Å². The number of halogens is 3. The van der Waals surface area contributed by atoms with E-state index >= 15 is 0 Å². The van der Waals surface area contributed by atoms with Gasteiger partial charge in [-0.1, -0.05) is 0 Å². The van der Waals surface area contributed by atoms with Crippen LogP contribution in [0.3, 0.4) is 0 Å². The molecule has 0 bridgehead atoms. The highest BCUT2D eigenvalue weighted by Crippen LogP contribution is 2.28. The lowest BCUT2D eigenvalue weighted by Gasteiger charge is -1.97. The summed E-state index contributed by atoms with van der Waals surface area (Å²) in [5.74, 6) is -2.48. The van der Waals surface area contributed by atoms with E-state index < -0.39 is 18.0 Å². The van der Waals surface area contributed by atoms with Crippen molar-refractivity contribution in [2.24, 2.45) is 0 Å². The number of nitrogens with zero attached hydrogens (tertiary/aromatic N) is 4. The van der Waals surface area contributed by atoms with Crippen LogP contribution < -0.4 is 0 Å². The van der Waals surface area contributed by atoms with E-state index in [1.165, 1.54) is 6.92 Å². The highest BCUT2D eigenvalue weighted by Gasteiger charge is 2.36. The van der Waals surface area contributed by atoms with E-state index in [9.17, 15) is 18.0 Å². The third kappa shape index (κ3) is 2.18. The molecular formula is C8H5F3N4O2S. The Bertz CT molecular complexity index is 604. The number of carbonyl (C=O) groups is 1. The van der Waals surface area contributed by atoms with Crippen LogP contribution in [0.15, 0.2) is 6.20 Å². The monoisotopic (exact) mass is 278 g/mol. The quantitative estimate of drug-likeness (QED) is 0.905. The van der Waals surface area contributed by atoms with Crippen LogP contribution in [-0.4, -0.2) is 30.2 Å². The van der Waals surface area contributed by atoms with Gasteiger partial charge in [0.15, 0.2) is 0 Å². The van der Waals surface area contributed by atoms with Crippen LogP contribution in [0.1, 0.15) is 21.9 Å². The predicted molar refractivity (Wildman–Crippen MR) is 53.7 cm³/mol. The summed E-state index contributed by atoms with van der Waals surface area (Å²) >= 11 is 0.490. The number of carboxylic acid groups (broad SMARTS) is 1. The number of hydrogen-bond donors (Lipinski definition) is 1. The second-order valence-corrected chi connectivity index (χ2v) is 4.01. The first-order chi connectivity index (χ1) is 8.29. The molecule has 96 valence electrons. The number of hydrogen-bond acceptors (Lipinski definition) is 5. The van der Waals surface area contributed by atoms with Gasteiger partial charge in [-0.25, -0.2) is 9.48 Å². The Kier molecular flexibility index (Phi) is 2.81. The van der Waals surface area contributed by atoms with Crippen LogP contribution in [0.2, 0.25) is 0 Å². The molecule has 6 nitrogen and oxygen atoms in total. The largest absolute Gasteiger partial charge is 0.478 e.